The molecular weight excluding hydrogens is 476 g/mol. The fourth-order valence-corrected chi connectivity index (χ4v) is 4.07. The number of aliphatic carboxylic acids is 1. The first-order chi connectivity index (χ1) is 17.8. The number of hydrogen-bond donors (Lipinski definition) is 7. The molecule has 0 saturated heterocycles. The van der Waals surface area contributed by atoms with Crippen molar-refractivity contribution >= 4 is 28.7 Å². The van der Waals surface area contributed by atoms with E-state index in [1.165, 1.54) is 18.5 Å². The monoisotopic (exact) mass is 504 g/mol. The van der Waals surface area contributed by atoms with Crippen molar-refractivity contribution in [3.05, 3.63) is 84.1 Å². The van der Waals surface area contributed by atoms with Crippen LogP contribution in [0.4, 0.5) is 0 Å². The smallest absolute Gasteiger partial charge is 0.326 e. The van der Waals surface area contributed by atoms with Gasteiger partial charge in [-0.15, -0.1) is 0 Å². The number of benzene rings is 2. The quantitative estimate of drug-likeness (QED) is 0.159. The summed E-state index contributed by atoms with van der Waals surface area (Å²) in [6, 6.07) is 10.3. The molecule has 2 aromatic heterocycles. The Balaban J connectivity index is 1.50. The van der Waals surface area contributed by atoms with Gasteiger partial charge in [0, 0.05) is 48.3 Å². The number of phenolic OH excluding ortho intramolecular Hbond substituents is 1. The summed E-state index contributed by atoms with van der Waals surface area (Å²) in [7, 11) is 0. The SMILES string of the molecule is NC(Cc1cnc[nH]1)C(=O)NC(Cc1ccc(O)cc1)C(=O)N[C@@H](Cc1c[nH]c2ccccc12)C(=O)O. The van der Waals surface area contributed by atoms with Crippen molar-refractivity contribution in [3.63, 3.8) is 0 Å². The molecule has 0 bridgehead atoms. The first-order valence-electron chi connectivity index (χ1n) is 11.7. The third kappa shape index (κ3) is 6.53. The maximum atomic E-state index is 13.3. The summed E-state index contributed by atoms with van der Waals surface area (Å²) in [4.78, 5) is 48.1. The van der Waals surface area contributed by atoms with Gasteiger partial charge in [0.25, 0.3) is 0 Å². The van der Waals surface area contributed by atoms with Crippen molar-refractivity contribution in [3.8, 4) is 5.75 Å². The molecule has 0 radical (unpaired) electrons. The van der Waals surface area contributed by atoms with Gasteiger partial charge in [-0.25, -0.2) is 9.78 Å². The van der Waals surface area contributed by atoms with E-state index >= 15 is 0 Å². The second-order valence-corrected chi connectivity index (χ2v) is 8.78. The summed E-state index contributed by atoms with van der Waals surface area (Å²) in [6.45, 7) is 0. The van der Waals surface area contributed by atoms with E-state index in [4.69, 9.17) is 5.73 Å². The van der Waals surface area contributed by atoms with E-state index in [1.807, 2.05) is 24.3 Å². The average molecular weight is 505 g/mol. The highest BCUT2D eigenvalue weighted by Gasteiger charge is 2.29. The number of aromatic nitrogens is 3. The summed E-state index contributed by atoms with van der Waals surface area (Å²) >= 11 is 0. The number of nitrogens with one attached hydrogen (secondary N) is 4. The number of hydrogen-bond acceptors (Lipinski definition) is 6. The normalized spacial score (nSPS) is 13.5. The van der Waals surface area contributed by atoms with Gasteiger partial charge in [-0.05, 0) is 29.3 Å². The number of imidazole rings is 1. The standard InChI is InChI=1S/C26H28N6O5/c27-20(11-17-13-28-14-30-17)24(34)31-22(9-15-5-7-18(33)8-6-15)25(35)32-23(26(36)37)10-16-12-29-21-4-2-1-3-19(16)21/h1-8,12-14,20,22-23,29,33H,9-11,27H2,(H,28,30)(H,31,34)(H,32,35)(H,36,37)/t20?,22?,23-/m0/s1. The van der Waals surface area contributed by atoms with Crippen molar-refractivity contribution < 1.29 is 24.6 Å². The lowest BCUT2D eigenvalue weighted by Gasteiger charge is -2.23. The molecule has 0 saturated carbocycles. The molecule has 0 spiro atoms. The van der Waals surface area contributed by atoms with Crippen molar-refractivity contribution in [1.29, 1.82) is 0 Å². The van der Waals surface area contributed by atoms with Gasteiger partial charge in [0.05, 0.1) is 12.4 Å². The number of rotatable bonds is 11. The number of nitrogens with zero attached hydrogens (tertiary/aromatic N) is 1. The minimum atomic E-state index is -1.23. The third-order valence-electron chi connectivity index (χ3n) is 6.05. The zero-order chi connectivity index (χ0) is 26.4. The van der Waals surface area contributed by atoms with Crippen LogP contribution in [-0.2, 0) is 33.6 Å². The summed E-state index contributed by atoms with van der Waals surface area (Å²) < 4.78 is 0. The topological polar surface area (TPSA) is 186 Å². The number of nitrogens with two attached hydrogens (primary N) is 1. The number of aromatic hydroxyl groups is 1. The van der Waals surface area contributed by atoms with Gasteiger partial charge in [-0.2, -0.15) is 0 Å². The maximum absolute atomic E-state index is 13.3. The van der Waals surface area contributed by atoms with Crippen LogP contribution in [0, 0.1) is 0 Å². The summed E-state index contributed by atoms with van der Waals surface area (Å²) in [5.41, 5.74) is 8.95. The first kappa shape index (κ1) is 25.5. The van der Waals surface area contributed by atoms with Gasteiger partial charge < -0.3 is 36.5 Å². The maximum Gasteiger partial charge on any atom is 0.326 e. The number of fused-ring (bicyclic) bond motifs is 1. The molecule has 2 amide bonds. The Morgan fingerprint density at radius 3 is 2.35 bits per heavy atom. The Hall–Kier alpha value is -4.64. The van der Waals surface area contributed by atoms with Crippen LogP contribution in [0.15, 0.2) is 67.3 Å². The van der Waals surface area contributed by atoms with Crippen LogP contribution in [0.1, 0.15) is 16.8 Å². The molecule has 37 heavy (non-hydrogen) atoms. The lowest BCUT2D eigenvalue weighted by atomic mass is 10.0. The lowest BCUT2D eigenvalue weighted by molar-refractivity contribution is -0.142. The molecule has 2 heterocycles. The van der Waals surface area contributed by atoms with E-state index in [9.17, 15) is 24.6 Å². The number of para-hydroxylation sites is 1. The van der Waals surface area contributed by atoms with Crippen LogP contribution in [0.2, 0.25) is 0 Å². The Morgan fingerprint density at radius 2 is 1.65 bits per heavy atom. The largest absolute Gasteiger partial charge is 0.508 e. The molecule has 4 aromatic rings. The number of carboxylic acid groups (broad SMARTS) is 1. The Kier molecular flexibility index (Phi) is 7.84. The highest BCUT2D eigenvalue weighted by atomic mass is 16.4. The number of carbonyl (C=O) groups excluding carboxylic acids is 2. The molecule has 11 heteroatoms. The molecule has 2 aromatic carbocycles. The van der Waals surface area contributed by atoms with Crippen molar-refractivity contribution in [2.24, 2.45) is 5.73 Å². The third-order valence-corrected chi connectivity index (χ3v) is 6.05. The lowest BCUT2D eigenvalue weighted by Crippen LogP contribution is -2.55. The van der Waals surface area contributed by atoms with Crippen LogP contribution in [0.25, 0.3) is 10.9 Å². The van der Waals surface area contributed by atoms with Crippen molar-refractivity contribution in [2.45, 2.75) is 37.4 Å². The Morgan fingerprint density at radius 1 is 0.919 bits per heavy atom. The van der Waals surface area contributed by atoms with Gasteiger partial charge in [0.15, 0.2) is 0 Å². The van der Waals surface area contributed by atoms with E-state index in [2.05, 4.69) is 25.6 Å². The van der Waals surface area contributed by atoms with Crippen LogP contribution in [-0.4, -0.2) is 61.1 Å². The van der Waals surface area contributed by atoms with Gasteiger partial charge in [0.2, 0.25) is 11.8 Å². The first-order valence-corrected chi connectivity index (χ1v) is 11.7. The number of aromatic amines is 2. The second kappa shape index (κ2) is 11.4. The zero-order valence-electron chi connectivity index (χ0n) is 19.8. The van der Waals surface area contributed by atoms with E-state index in [0.717, 1.165) is 16.5 Å². The molecule has 0 aliphatic carbocycles. The minimum absolute atomic E-state index is 0.0459. The number of H-pyrrole nitrogens is 2. The second-order valence-electron chi connectivity index (χ2n) is 8.78. The molecule has 0 aliphatic heterocycles. The van der Waals surface area contributed by atoms with E-state index < -0.39 is 35.9 Å². The average Bonchev–Trinajstić information content (AvgIpc) is 3.54. The van der Waals surface area contributed by atoms with Crippen LogP contribution < -0.4 is 16.4 Å². The van der Waals surface area contributed by atoms with Gasteiger partial charge in [-0.3, -0.25) is 9.59 Å². The van der Waals surface area contributed by atoms with E-state index in [-0.39, 0.29) is 25.0 Å². The van der Waals surface area contributed by atoms with Gasteiger partial charge >= 0.3 is 5.97 Å². The molecule has 0 fully saturated rings. The predicted octanol–water partition coefficient (Wildman–Crippen LogP) is 1.01. The predicted molar refractivity (Wildman–Crippen MR) is 136 cm³/mol. The Labute approximate surface area is 212 Å². The molecule has 2 unspecified atom stereocenters. The molecular formula is C26H28N6O5. The van der Waals surface area contributed by atoms with Gasteiger partial charge in [0.1, 0.15) is 17.8 Å². The van der Waals surface area contributed by atoms with Crippen LogP contribution in [0.5, 0.6) is 5.75 Å². The van der Waals surface area contributed by atoms with Crippen molar-refractivity contribution in [2.75, 3.05) is 0 Å². The summed E-state index contributed by atoms with van der Waals surface area (Å²) in [5.74, 6) is -2.39. The minimum Gasteiger partial charge on any atom is -0.508 e. The zero-order valence-corrected chi connectivity index (χ0v) is 19.8. The number of carbonyl (C=O) groups is 3. The highest BCUT2D eigenvalue weighted by Crippen LogP contribution is 2.19. The van der Waals surface area contributed by atoms with Crippen LogP contribution in [0.3, 0.4) is 0 Å². The molecule has 8 N–H and O–H groups in total. The fourth-order valence-electron chi connectivity index (χ4n) is 4.07. The molecule has 4 rings (SSSR count). The number of carboxylic acids is 1. The number of phenols is 1. The molecule has 0 aliphatic rings. The molecule has 11 nitrogen and oxygen atoms in total. The summed E-state index contributed by atoms with van der Waals surface area (Å²) in [6.07, 6.45) is 5.03. The molecule has 192 valence electrons. The Bertz CT molecular complexity index is 1370. The van der Waals surface area contributed by atoms with E-state index in [0.29, 0.717) is 11.3 Å². The van der Waals surface area contributed by atoms with Crippen LogP contribution >= 0.6 is 0 Å². The van der Waals surface area contributed by atoms with Gasteiger partial charge in [-0.1, -0.05) is 30.3 Å². The van der Waals surface area contributed by atoms with Crippen molar-refractivity contribution in [1.82, 2.24) is 25.6 Å². The fraction of sp³-hybridized carbons (Fsp3) is 0.231. The highest BCUT2D eigenvalue weighted by molar-refractivity contribution is 5.92. The molecule has 3 atom stereocenters. The summed E-state index contributed by atoms with van der Waals surface area (Å²) in [5, 5.41) is 25.5. The van der Waals surface area contributed by atoms with E-state index in [1.54, 1.807) is 24.5 Å². The number of amides is 2.